The molecule has 2 N–H and O–H groups in total. The zero-order valence-electron chi connectivity index (χ0n) is 12.5. The third kappa shape index (κ3) is 3.96. The van der Waals surface area contributed by atoms with Crippen LogP contribution in [0.3, 0.4) is 0 Å². The Morgan fingerprint density at radius 1 is 0.682 bits per heavy atom. The summed E-state index contributed by atoms with van der Waals surface area (Å²) in [4.78, 5) is 42.5. The van der Waals surface area contributed by atoms with Crippen LogP contribution < -0.4 is 0 Å². The molecule has 0 amide bonds. The third-order valence-corrected chi connectivity index (χ3v) is 4.19. The molecule has 0 aromatic heterocycles. The molecule has 0 spiro atoms. The van der Waals surface area contributed by atoms with Gasteiger partial charge in [-0.25, -0.2) is 0 Å². The van der Waals surface area contributed by atoms with Crippen LogP contribution in [0.2, 0.25) is 0 Å². The predicted molar refractivity (Wildman–Crippen MR) is 71.7 cm³/mol. The lowest BCUT2D eigenvalue weighted by Crippen LogP contribution is -2.38. The van der Waals surface area contributed by atoms with Crippen molar-refractivity contribution in [1.82, 2.24) is 0 Å². The fourth-order valence-corrected chi connectivity index (χ4v) is 2.46. The van der Waals surface area contributed by atoms with Crippen LogP contribution in [-0.2, 0) is 28.7 Å². The van der Waals surface area contributed by atoms with Gasteiger partial charge in [0.05, 0.1) is 37.9 Å². The zero-order valence-corrected chi connectivity index (χ0v) is 12.5. The number of carboxylic acid groups (broad SMARTS) is 2. The number of carbonyl (C=O) groups is 4. The predicted octanol–water partition coefficient (Wildman–Crippen LogP) is 0.540. The van der Waals surface area contributed by atoms with Crippen LogP contribution in [0, 0.1) is 23.7 Å². The number of carbonyl (C=O) groups excluding carboxylic acids is 2. The van der Waals surface area contributed by atoms with Crippen molar-refractivity contribution < 1.29 is 38.9 Å². The summed E-state index contributed by atoms with van der Waals surface area (Å²) in [6, 6.07) is 0. The van der Waals surface area contributed by atoms with E-state index in [2.05, 4.69) is 9.47 Å². The maximum absolute atomic E-state index is 10.8. The lowest BCUT2D eigenvalue weighted by Gasteiger charge is -2.30. The van der Waals surface area contributed by atoms with Crippen LogP contribution in [0.15, 0.2) is 0 Å². The second-order valence-electron chi connectivity index (χ2n) is 5.30. The van der Waals surface area contributed by atoms with Gasteiger partial charge < -0.3 is 19.7 Å². The molecule has 2 rings (SSSR count). The van der Waals surface area contributed by atoms with Gasteiger partial charge in [-0.15, -0.1) is 0 Å². The Morgan fingerprint density at radius 3 is 1.09 bits per heavy atom. The maximum atomic E-state index is 10.8. The maximum Gasteiger partial charge on any atom is 0.309 e. The van der Waals surface area contributed by atoms with Crippen molar-refractivity contribution in [2.45, 2.75) is 25.7 Å². The van der Waals surface area contributed by atoms with E-state index in [1.807, 2.05) is 0 Å². The Labute approximate surface area is 127 Å². The van der Waals surface area contributed by atoms with E-state index in [4.69, 9.17) is 10.2 Å². The van der Waals surface area contributed by atoms with Crippen LogP contribution in [-0.4, -0.2) is 48.3 Å². The van der Waals surface area contributed by atoms with Crippen molar-refractivity contribution in [3.63, 3.8) is 0 Å². The highest BCUT2D eigenvalue weighted by Crippen LogP contribution is 2.35. The molecule has 0 radical (unpaired) electrons. The van der Waals surface area contributed by atoms with Crippen LogP contribution in [0.1, 0.15) is 25.7 Å². The van der Waals surface area contributed by atoms with Crippen molar-refractivity contribution in [3.8, 4) is 0 Å². The summed E-state index contributed by atoms with van der Waals surface area (Å²) >= 11 is 0. The summed E-state index contributed by atoms with van der Waals surface area (Å²) in [5.74, 6) is -4.43. The average Bonchev–Trinajstić information content (AvgIpc) is 2.35. The smallest absolute Gasteiger partial charge is 0.309 e. The van der Waals surface area contributed by atoms with Crippen LogP contribution >= 0.6 is 0 Å². The number of esters is 2. The van der Waals surface area contributed by atoms with Crippen molar-refractivity contribution >= 4 is 23.9 Å². The number of hydrogen-bond donors (Lipinski definition) is 2. The molecular formula is C14H20O8. The number of aliphatic carboxylic acids is 2. The number of carboxylic acids is 2. The van der Waals surface area contributed by atoms with Gasteiger partial charge in [-0.3, -0.25) is 19.2 Å². The van der Waals surface area contributed by atoms with E-state index in [0.29, 0.717) is 25.7 Å². The van der Waals surface area contributed by atoms with Gasteiger partial charge in [-0.05, 0) is 25.7 Å². The Morgan fingerprint density at radius 2 is 0.955 bits per heavy atom. The molecule has 2 saturated carbocycles. The van der Waals surface area contributed by atoms with Crippen LogP contribution in [0.5, 0.6) is 0 Å². The molecule has 0 heterocycles. The van der Waals surface area contributed by atoms with Crippen molar-refractivity contribution in [3.05, 3.63) is 0 Å². The van der Waals surface area contributed by atoms with E-state index in [1.165, 1.54) is 14.2 Å². The van der Waals surface area contributed by atoms with E-state index in [-0.39, 0.29) is 0 Å². The molecule has 0 bridgehead atoms. The molecule has 124 valence electrons. The van der Waals surface area contributed by atoms with Crippen molar-refractivity contribution in [2.24, 2.45) is 23.7 Å². The fraction of sp³-hybridized carbons (Fsp3) is 0.714. The summed E-state index contributed by atoms with van der Waals surface area (Å²) in [5, 5.41) is 17.1. The quantitative estimate of drug-likeness (QED) is 0.719. The van der Waals surface area contributed by atoms with Crippen LogP contribution in [0.25, 0.3) is 0 Å². The molecule has 0 aromatic rings. The van der Waals surface area contributed by atoms with Gasteiger partial charge in [-0.1, -0.05) is 0 Å². The number of methoxy groups -OCH3 is 2. The van der Waals surface area contributed by atoms with Gasteiger partial charge in [0.25, 0.3) is 0 Å². The second-order valence-corrected chi connectivity index (χ2v) is 5.30. The summed E-state index contributed by atoms with van der Waals surface area (Å²) in [6.45, 7) is 0. The molecule has 8 heteroatoms. The Balaban J connectivity index is 0.000000220. The highest BCUT2D eigenvalue weighted by atomic mass is 16.5. The number of hydrogen-bond acceptors (Lipinski definition) is 6. The van der Waals surface area contributed by atoms with Gasteiger partial charge in [0.2, 0.25) is 0 Å². The summed E-state index contributed by atoms with van der Waals surface area (Å²) in [5.41, 5.74) is 0. The standard InChI is InChI=1S/2C7H10O4/c2*1-11-7(10)5-3-2-4(5)6(8)9/h2*4-5H,2-3H2,1H3,(H,8,9)/t2*4-,5+/m10/s1. The zero-order chi connectivity index (χ0) is 16.9. The minimum Gasteiger partial charge on any atom is -0.481 e. The molecule has 22 heavy (non-hydrogen) atoms. The first kappa shape index (κ1) is 17.9. The largest absolute Gasteiger partial charge is 0.481 e. The number of ether oxygens (including phenoxy) is 2. The minimum atomic E-state index is -0.897. The molecular weight excluding hydrogens is 296 g/mol. The highest BCUT2D eigenvalue weighted by molar-refractivity contribution is 5.83. The molecule has 0 aliphatic heterocycles. The van der Waals surface area contributed by atoms with Crippen molar-refractivity contribution in [2.75, 3.05) is 14.2 Å². The highest BCUT2D eigenvalue weighted by Gasteiger charge is 2.42. The fourth-order valence-electron chi connectivity index (χ4n) is 2.46. The monoisotopic (exact) mass is 316 g/mol. The molecule has 2 fully saturated rings. The van der Waals surface area contributed by atoms with Gasteiger partial charge in [-0.2, -0.15) is 0 Å². The summed E-state index contributed by atoms with van der Waals surface area (Å²) in [7, 11) is 2.55. The Hall–Kier alpha value is -2.12. The van der Waals surface area contributed by atoms with E-state index < -0.39 is 47.5 Å². The van der Waals surface area contributed by atoms with E-state index in [1.54, 1.807) is 0 Å². The molecule has 2 aliphatic carbocycles. The summed E-state index contributed by atoms with van der Waals surface area (Å²) < 4.78 is 8.86. The van der Waals surface area contributed by atoms with Gasteiger partial charge in [0.1, 0.15) is 0 Å². The van der Waals surface area contributed by atoms with E-state index in [0.717, 1.165) is 0 Å². The molecule has 0 aromatic carbocycles. The molecule has 0 saturated heterocycles. The van der Waals surface area contributed by atoms with E-state index in [9.17, 15) is 19.2 Å². The average molecular weight is 316 g/mol. The molecule has 8 nitrogen and oxygen atoms in total. The first-order valence-electron chi connectivity index (χ1n) is 6.94. The number of rotatable bonds is 4. The SMILES string of the molecule is COC(=O)[C@@H]1CC[C@@H]1C(=O)O.COC(=O)[C@H]1CC[C@H]1C(=O)O. The van der Waals surface area contributed by atoms with E-state index >= 15 is 0 Å². The Kier molecular flexibility index (Phi) is 6.33. The molecule has 2 aliphatic rings. The van der Waals surface area contributed by atoms with Gasteiger partial charge in [0.15, 0.2) is 0 Å². The first-order valence-corrected chi connectivity index (χ1v) is 6.94. The van der Waals surface area contributed by atoms with Crippen LogP contribution in [0.4, 0.5) is 0 Å². The summed E-state index contributed by atoms with van der Waals surface area (Å²) in [6.07, 6.45) is 2.47. The Bertz CT molecular complexity index is 416. The normalized spacial score (nSPS) is 28.8. The third-order valence-electron chi connectivity index (χ3n) is 4.19. The van der Waals surface area contributed by atoms with Gasteiger partial charge in [0, 0.05) is 0 Å². The first-order chi connectivity index (χ1) is 10.3. The lowest BCUT2D eigenvalue weighted by atomic mass is 9.74. The topological polar surface area (TPSA) is 127 Å². The second kappa shape index (κ2) is 7.77. The molecule has 0 unspecified atom stereocenters. The molecule has 4 atom stereocenters. The minimum absolute atomic E-state index is 0.399. The lowest BCUT2D eigenvalue weighted by molar-refractivity contribution is -0.162. The van der Waals surface area contributed by atoms with Gasteiger partial charge >= 0.3 is 23.9 Å². The van der Waals surface area contributed by atoms with Crippen molar-refractivity contribution in [1.29, 1.82) is 0 Å².